The Morgan fingerprint density at radius 3 is 2.29 bits per heavy atom. The second kappa shape index (κ2) is 8.44. The van der Waals surface area contributed by atoms with Gasteiger partial charge in [0.15, 0.2) is 0 Å². The van der Waals surface area contributed by atoms with Gasteiger partial charge in [0.2, 0.25) is 0 Å². The molecule has 0 heterocycles. The van der Waals surface area contributed by atoms with E-state index < -0.39 is 13.0 Å². The molecule has 2 nitrogen and oxygen atoms in total. The van der Waals surface area contributed by atoms with E-state index in [0.29, 0.717) is 13.0 Å². The predicted octanol–water partition coefficient (Wildman–Crippen LogP) is 4.31. The molecule has 1 unspecified atom stereocenters. The number of ether oxygens (including phenoxy) is 1. The summed E-state index contributed by atoms with van der Waals surface area (Å²) in [5.74, 6) is 0. The van der Waals surface area contributed by atoms with Crippen LogP contribution in [0.4, 0.5) is 8.78 Å². The van der Waals surface area contributed by atoms with E-state index in [1.807, 2.05) is 7.05 Å². The molecule has 0 amide bonds. The van der Waals surface area contributed by atoms with Gasteiger partial charge in [-0.15, -0.1) is 0 Å². The fraction of sp³-hybridized carbons (Fsp3) is 0.647. The van der Waals surface area contributed by atoms with Gasteiger partial charge in [-0.05, 0) is 36.4 Å². The summed E-state index contributed by atoms with van der Waals surface area (Å²) in [7, 11) is 1.88. The van der Waals surface area contributed by atoms with Gasteiger partial charge >= 0.3 is 0 Å². The van der Waals surface area contributed by atoms with Crippen LogP contribution in [0.25, 0.3) is 0 Å². The molecule has 1 aromatic rings. The number of rotatable bonds is 9. The van der Waals surface area contributed by atoms with Gasteiger partial charge < -0.3 is 10.1 Å². The average Bonchev–Trinajstić information content (AvgIpc) is 2.47. The van der Waals surface area contributed by atoms with Crippen LogP contribution in [0.2, 0.25) is 0 Å². The Labute approximate surface area is 126 Å². The molecule has 0 bridgehead atoms. The van der Waals surface area contributed by atoms with Crippen LogP contribution in [0.3, 0.4) is 0 Å². The van der Waals surface area contributed by atoms with E-state index in [4.69, 9.17) is 4.74 Å². The number of halogens is 2. The third kappa shape index (κ3) is 5.71. The topological polar surface area (TPSA) is 21.3 Å². The van der Waals surface area contributed by atoms with Crippen molar-refractivity contribution in [1.82, 2.24) is 5.32 Å². The molecule has 1 rings (SSSR count). The summed E-state index contributed by atoms with van der Waals surface area (Å²) in [6.07, 6.45) is -0.628. The molecule has 0 aliphatic rings. The van der Waals surface area contributed by atoms with Gasteiger partial charge in [-0.2, -0.15) is 0 Å². The van der Waals surface area contributed by atoms with Crippen molar-refractivity contribution in [2.45, 2.75) is 51.5 Å². The zero-order valence-corrected chi connectivity index (χ0v) is 13.5. The Balaban J connectivity index is 2.61. The second-order valence-corrected chi connectivity index (χ2v) is 5.96. The average molecular weight is 299 g/mol. The van der Waals surface area contributed by atoms with Crippen LogP contribution < -0.4 is 5.32 Å². The summed E-state index contributed by atoms with van der Waals surface area (Å²) in [4.78, 5) is 0. The van der Waals surface area contributed by atoms with Crippen molar-refractivity contribution in [3.63, 3.8) is 0 Å². The van der Waals surface area contributed by atoms with E-state index in [0.717, 1.165) is 12.0 Å². The van der Waals surface area contributed by atoms with Crippen molar-refractivity contribution in [2.75, 3.05) is 20.3 Å². The van der Waals surface area contributed by atoms with Gasteiger partial charge in [-0.1, -0.05) is 45.0 Å². The largest absolute Gasteiger partial charge is 0.375 e. The van der Waals surface area contributed by atoms with Crippen LogP contribution in [0, 0.1) is 0 Å². The van der Waals surface area contributed by atoms with E-state index in [1.54, 1.807) is 0 Å². The summed E-state index contributed by atoms with van der Waals surface area (Å²) in [5.41, 5.74) is 2.65. The normalized spacial score (nSPS) is 13.7. The van der Waals surface area contributed by atoms with Crippen LogP contribution in [0.1, 0.15) is 50.8 Å². The van der Waals surface area contributed by atoms with Crippen molar-refractivity contribution in [1.29, 1.82) is 0 Å². The highest BCUT2D eigenvalue weighted by atomic mass is 19.3. The van der Waals surface area contributed by atoms with E-state index in [-0.39, 0.29) is 11.5 Å². The van der Waals surface area contributed by atoms with Gasteiger partial charge in [0.25, 0.3) is 6.43 Å². The molecule has 0 spiro atoms. The Morgan fingerprint density at radius 2 is 1.81 bits per heavy atom. The summed E-state index contributed by atoms with van der Waals surface area (Å²) in [5, 5.41) is 3.21. The van der Waals surface area contributed by atoms with Crippen molar-refractivity contribution in [3.8, 4) is 0 Å². The predicted molar refractivity (Wildman–Crippen MR) is 83.0 cm³/mol. The number of hydrogen-bond acceptors (Lipinski definition) is 2. The number of nitrogens with one attached hydrogen (secondary N) is 1. The van der Waals surface area contributed by atoms with E-state index in [1.165, 1.54) is 5.56 Å². The third-order valence-electron chi connectivity index (χ3n) is 4.12. The minimum Gasteiger partial charge on any atom is -0.375 e. The van der Waals surface area contributed by atoms with Crippen molar-refractivity contribution < 1.29 is 13.5 Å². The highest BCUT2D eigenvalue weighted by molar-refractivity contribution is 5.29. The maximum Gasteiger partial charge on any atom is 0.261 e. The van der Waals surface area contributed by atoms with Gasteiger partial charge in [0.05, 0.1) is 0 Å². The highest BCUT2D eigenvalue weighted by Gasteiger charge is 2.18. The van der Waals surface area contributed by atoms with Gasteiger partial charge in [-0.25, -0.2) is 8.78 Å². The summed E-state index contributed by atoms with van der Waals surface area (Å²) < 4.78 is 29.0. The number of alkyl halides is 2. The lowest BCUT2D eigenvalue weighted by Gasteiger charge is -2.24. The first-order chi connectivity index (χ1) is 9.90. The van der Waals surface area contributed by atoms with E-state index in [9.17, 15) is 8.78 Å². The van der Waals surface area contributed by atoms with Crippen LogP contribution in [0.15, 0.2) is 24.3 Å². The monoisotopic (exact) mass is 299 g/mol. The molecule has 0 radical (unpaired) electrons. The molecule has 0 fully saturated rings. The van der Waals surface area contributed by atoms with Gasteiger partial charge in [-0.3, -0.25) is 0 Å². The molecular formula is C17H27F2NO. The molecule has 1 N–H and O–H groups in total. The summed E-state index contributed by atoms with van der Waals surface area (Å²) in [6, 6.07) is 8.66. The molecule has 0 aliphatic carbocycles. The van der Waals surface area contributed by atoms with Crippen LogP contribution in [-0.4, -0.2) is 26.7 Å². The third-order valence-corrected chi connectivity index (χ3v) is 4.12. The highest BCUT2D eigenvalue weighted by Crippen LogP contribution is 2.28. The van der Waals surface area contributed by atoms with Crippen LogP contribution >= 0.6 is 0 Å². The smallest absolute Gasteiger partial charge is 0.261 e. The maximum atomic E-state index is 12.0. The molecule has 1 atom stereocenters. The zero-order chi connectivity index (χ0) is 15.9. The molecule has 21 heavy (non-hydrogen) atoms. The lowest BCUT2D eigenvalue weighted by molar-refractivity contribution is 0.0145. The summed E-state index contributed by atoms with van der Waals surface area (Å²) in [6.45, 7) is 6.49. The molecule has 120 valence electrons. The van der Waals surface area contributed by atoms with Gasteiger partial charge in [0, 0.05) is 12.6 Å². The van der Waals surface area contributed by atoms with E-state index in [2.05, 4.69) is 50.4 Å². The SMILES string of the molecule is CCC(C)(C)c1ccc(C(CCOCC(F)F)NC)cc1. The van der Waals surface area contributed by atoms with Crippen LogP contribution in [-0.2, 0) is 10.2 Å². The fourth-order valence-electron chi connectivity index (χ4n) is 2.22. The minimum atomic E-state index is -2.39. The van der Waals surface area contributed by atoms with Crippen molar-refractivity contribution >= 4 is 0 Å². The number of benzene rings is 1. The Hall–Kier alpha value is -1.00. The molecule has 0 aromatic heterocycles. The zero-order valence-electron chi connectivity index (χ0n) is 13.5. The number of hydrogen-bond donors (Lipinski definition) is 1. The quantitative estimate of drug-likeness (QED) is 0.686. The molecule has 1 aromatic carbocycles. The molecule has 0 saturated heterocycles. The van der Waals surface area contributed by atoms with Gasteiger partial charge in [0.1, 0.15) is 6.61 Å². The second-order valence-electron chi connectivity index (χ2n) is 5.96. The molecular weight excluding hydrogens is 272 g/mol. The lowest BCUT2D eigenvalue weighted by Crippen LogP contribution is -2.20. The van der Waals surface area contributed by atoms with E-state index >= 15 is 0 Å². The summed E-state index contributed by atoms with van der Waals surface area (Å²) >= 11 is 0. The first kappa shape index (κ1) is 18.1. The first-order valence-corrected chi connectivity index (χ1v) is 7.54. The van der Waals surface area contributed by atoms with Crippen LogP contribution in [0.5, 0.6) is 0 Å². The Bertz CT molecular complexity index is 404. The first-order valence-electron chi connectivity index (χ1n) is 7.54. The van der Waals surface area contributed by atoms with Crippen molar-refractivity contribution in [3.05, 3.63) is 35.4 Å². The standard InChI is InChI=1S/C17H27F2NO/c1-5-17(2,3)14-8-6-13(7-9-14)15(20-4)10-11-21-12-16(18)19/h6-9,15-16,20H,5,10-12H2,1-4H3. The minimum absolute atomic E-state index is 0.126. The molecule has 0 saturated carbocycles. The molecule has 0 aliphatic heterocycles. The fourth-order valence-corrected chi connectivity index (χ4v) is 2.22. The maximum absolute atomic E-state index is 12.0. The lowest BCUT2D eigenvalue weighted by atomic mass is 9.82. The Kier molecular flexibility index (Phi) is 7.26. The Morgan fingerprint density at radius 1 is 1.19 bits per heavy atom. The molecule has 4 heteroatoms. The van der Waals surface area contributed by atoms with Crippen molar-refractivity contribution in [2.24, 2.45) is 0 Å².